The first-order valence-electron chi connectivity index (χ1n) is 13.2. The Balaban J connectivity index is 1.08. The molecule has 1 amide bonds. The van der Waals surface area contributed by atoms with Crippen LogP contribution < -0.4 is 10.6 Å². The molecule has 2 N–H and O–H groups in total. The molecule has 2 aromatic carbocycles. The van der Waals surface area contributed by atoms with Crippen molar-refractivity contribution in [3.8, 4) is 0 Å². The highest BCUT2D eigenvalue weighted by Gasteiger charge is 2.73. The molecule has 7 aliphatic rings. The van der Waals surface area contributed by atoms with Crippen molar-refractivity contribution in [1.29, 1.82) is 0 Å². The maximum atomic E-state index is 14.2. The Morgan fingerprint density at radius 3 is 2.49 bits per heavy atom. The van der Waals surface area contributed by atoms with Gasteiger partial charge >= 0.3 is 0 Å². The van der Waals surface area contributed by atoms with Gasteiger partial charge in [0.25, 0.3) is 0 Å². The van der Waals surface area contributed by atoms with E-state index >= 15 is 0 Å². The van der Waals surface area contributed by atoms with E-state index in [9.17, 15) is 9.18 Å². The Hall–Kier alpha value is -2.09. The van der Waals surface area contributed by atoms with Crippen LogP contribution in [0.1, 0.15) is 57.9 Å². The minimum absolute atomic E-state index is 0.00334. The second-order valence-corrected chi connectivity index (χ2v) is 14.2. The first-order chi connectivity index (χ1) is 17.6. The first kappa shape index (κ1) is 24.0. The molecule has 1 aliphatic heterocycles. The molecular weight excluding hydrogens is 507 g/mol. The van der Waals surface area contributed by atoms with Gasteiger partial charge in [-0.2, -0.15) is 0 Å². The predicted molar refractivity (Wildman–Crippen MR) is 145 cm³/mol. The summed E-state index contributed by atoms with van der Waals surface area (Å²) in [6.07, 6.45) is 6.35. The molecule has 9 rings (SSSR count). The van der Waals surface area contributed by atoms with Crippen molar-refractivity contribution in [2.75, 3.05) is 0 Å². The molecule has 8 heteroatoms. The van der Waals surface area contributed by atoms with E-state index < -0.39 is 11.6 Å². The number of rotatable bonds is 8. The smallest absolute Gasteiger partial charge is 0.247 e. The molecule has 6 aliphatic carbocycles. The number of nitrogens with one attached hydrogen (secondary N) is 2. The summed E-state index contributed by atoms with van der Waals surface area (Å²) >= 11 is 7.67. The van der Waals surface area contributed by atoms with E-state index in [1.807, 2.05) is 24.3 Å². The fourth-order valence-electron chi connectivity index (χ4n) is 7.27. The predicted octanol–water partition coefficient (Wildman–Crippen LogP) is 5.73. The van der Waals surface area contributed by atoms with Gasteiger partial charge in [-0.05, 0) is 100 Å². The van der Waals surface area contributed by atoms with E-state index in [2.05, 4.69) is 40.9 Å². The molecule has 37 heavy (non-hydrogen) atoms. The number of amidine groups is 1. The van der Waals surface area contributed by atoms with E-state index in [-0.39, 0.29) is 33.2 Å². The summed E-state index contributed by atoms with van der Waals surface area (Å²) in [5.41, 5.74) is 0.602. The van der Waals surface area contributed by atoms with Gasteiger partial charge in [0.2, 0.25) is 5.91 Å². The lowest BCUT2D eigenvalue weighted by Gasteiger charge is -2.73. The van der Waals surface area contributed by atoms with E-state index in [1.54, 1.807) is 24.1 Å². The maximum Gasteiger partial charge on any atom is 0.247 e. The maximum absolute atomic E-state index is 14.2. The SMILES string of the molecule is CC1(C)NC(C23CC(N(Cc4ccc(Cl)c(F)c4)Sc4ccccc4)(C2)C3)=N[C@H]1C(=O)NC12CC(C1)C2. The van der Waals surface area contributed by atoms with Gasteiger partial charge in [-0.25, -0.2) is 8.70 Å². The van der Waals surface area contributed by atoms with Crippen LogP contribution in [0, 0.1) is 17.2 Å². The number of benzene rings is 2. The zero-order chi connectivity index (χ0) is 25.6. The molecular formula is C29H32ClFN4OS. The number of halogens is 2. The summed E-state index contributed by atoms with van der Waals surface area (Å²) in [4.78, 5) is 19.4. The number of hydrogen-bond donors (Lipinski definition) is 2. The van der Waals surface area contributed by atoms with Crippen molar-refractivity contribution in [3.63, 3.8) is 0 Å². The van der Waals surface area contributed by atoms with Gasteiger partial charge in [0.1, 0.15) is 11.7 Å². The molecule has 0 spiro atoms. The molecule has 5 nitrogen and oxygen atoms in total. The fourth-order valence-corrected chi connectivity index (χ4v) is 8.52. The van der Waals surface area contributed by atoms with Gasteiger partial charge in [0.05, 0.1) is 10.6 Å². The summed E-state index contributed by atoms with van der Waals surface area (Å²) < 4.78 is 16.6. The van der Waals surface area contributed by atoms with Gasteiger partial charge in [-0.1, -0.05) is 35.9 Å². The van der Waals surface area contributed by atoms with Crippen LogP contribution in [0.15, 0.2) is 58.4 Å². The topological polar surface area (TPSA) is 56.7 Å². The van der Waals surface area contributed by atoms with Crippen molar-refractivity contribution in [2.24, 2.45) is 16.3 Å². The van der Waals surface area contributed by atoms with Crippen LogP contribution >= 0.6 is 23.5 Å². The fraction of sp³-hybridized carbons (Fsp3) is 0.517. The monoisotopic (exact) mass is 538 g/mol. The average Bonchev–Trinajstić information content (AvgIpc) is 3.06. The number of carbonyl (C=O) groups is 1. The van der Waals surface area contributed by atoms with Gasteiger partial charge in [-0.3, -0.25) is 9.79 Å². The van der Waals surface area contributed by atoms with E-state index in [4.69, 9.17) is 16.6 Å². The lowest BCUT2D eigenvalue weighted by atomic mass is 9.38. The van der Waals surface area contributed by atoms with Gasteiger partial charge < -0.3 is 10.6 Å². The molecule has 194 valence electrons. The largest absolute Gasteiger partial charge is 0.366 e. The molecule has 0 saturated heterocycles. The van der Waals surface area contributed by atoms with Gasteiger partial charge in [-0.15, -0.1) is 0 Å². The highest BCUT2D eigenvalue weighted by molar-refractivity contribution is 7.97. The second-order valence-electron chi connectivity index (χ2n) is 12.7. The van der Waals surface area contributed by atoms with Crippen molar-refractivity contribution in [1.82, 2.24) is 14.9 Å². The average molecular weight is 539 g/mol. The van der Waals surface area contributed by atoms with Crippen LogP contribution in [-0.2, 0) is 11.3 Å². The first-order valence-corrected chi connectivity index (χ1v) is 14.4. The second kappa shape index (κ2) is 7.96. The highest BCUT2D eigenvalue weighted by atomic mass is 35.5. The summed E-state index contributed by atoms with van der Waals surface area (Å²) in [6, 6.07) is 15.0. The number of amides is 1. The lowest BCUT2D eigenvalue weighted by Crippen LogP contribution is -2.77. The molecule has 0 unspecified atom stereocenters. The van der Waals surface area contributed by atoms with E-state index in [1.165, 1.54) is 4.90 Å². The third-order valence-corrected chi connectivity index (χ3v) is 10.9. The Bertz CT molecular complexity index is 1280. The number of nitrogens with zero attached hydrogens (tertiary/aromatic N) is 2. The lowest BCUT2D eigenvalue weighted by molar-refractivity contribution is -0.147. The Kier molecular flexibility index (Phi) is 5.16. The zero-order valence-corrected chi connectivity index (χ0v) is 22.8. The molecule has 1 atom stereocenters. The van der Waals surface area contributed by atoms with Crippen LogP contribution in [0.5, 0.6) is 0 Å². The van der Waals surface area contributed by atoms with Crippen molar-refractivity contribution in [2.45, 2.75) is 86.5 Å². The Labute approximate surface area is 226 Å². The number of aliphatic imine (C=N–C) groups is 1. The van der Waals surface area contributed by atoms with Crippen LogP contribution in [0.25, 0.3) is 0 Å². The molecule has 2 aromatic rings. The number of carbonyl (C=O) groups excluding carboxylic acids is 1. The number of hydrogen-bond acceptors (Lipinski definition) is 5. The summed E-state index contributed by atoms with van der Waals surface area (Å²) in [7, 11) is 0. The zero-order valence-electron chi connectivity index (χ0n) is 21.2. The minimum atomic E-state index is -0.398. The van der Waals surface area contributed by atoms with Crippen LogP contribution in [0.2, 0.25) is 5.02 Å². The summed E-state index contributed by atoms with van der Waals surface area (Å²) in [5, 5.41) is 7.12. The minimum Gasteiger partial charge on any atom is -0.366 e. The summed E-state index contributed by atoms with van der Waals surface area (Å²) in [6.45, 7) is 4.80. The van der Waals surface area contributed by atoms with Gasteiger partial charge in [0.15, 0.2) is 6.04 Å². The van der Waals surface area contributed by atoms with Crippen molar-refractivity contribution < 1.29 is 9.18 Å². The van der Waals surface area contributed by atoms with Crippen molar-refractivity contribution >= 4 is 35.3 Å². The van der Waals surface area contributed by atoms with Crippen LogP contribution in [0.3, 0.4) is 0 Å². The van der Waals surface area contributed by atoms with Crippen LogP contribution in [-0.4, -0.2) is 38.7 Å². The van der Waals surface area contributed by atoms with E-state index in [0.29, 0.717) is 6.54 Å². The normalized spacial score (nSPS) is 35.9. The molecule has 6 fully saturated rings. The molecule has 0 aromatic heterocycles. The third-order valence-electron chi connectivity index (χ3n) is 9.36. The molecule has 4 bridgehead atoms. The third kappa shape index (κ3) is 3.75. The molecule has 0 radical (unpaired) electrons. The van der Waals surface area contributed by atoms with Crippen molar-refractivity contribution in [3.05, 3.63) is 64.9 Å². The highest BCUT2D eigenvalue weighted by Crippen LogP contribution is 2.72. The van der Waals surface area contributed by atoms with Crippen LogP contribution in [0.4, 0.5) is 4.39 Å². The molecule has 6 saturated carbocycles. The standard InChI is InChI=1S/C29H32ClFN4OS/c1-26(2)23(24(36)33-28-11-19(12-28)13-28)32-25(34-26)27-15-29(16-27,17-27)35(37-20-6-4-3-5-7-20)14-18-8-9-21(30)22(31)10-18/h3-10,19,23H,11-17H2,1-2H3,(H,32,34)(H,33,36)/t19?,23-,27?,28?,29?/m0/s1. The quantitative estimate of drug-likeness (QED) is 0.421. The van der Waals surface area contributed by atoms with E-state index in [0.717, 1.165) is 55.8 Å². The van der Waals surface area contributed by atoms with Gasteiger partial charge in [0, 0.05) is 27.9 Å². The summed E-state index contributed by atoms with van der Waals surface area (Å²) in [5.74, 6) is 1.51. The Morgan fingerprint density at radius 2 is 1.86 bits per heavy atom. The Morgan fingerprint density at radius 1 is 1.16 bits per heavy atom. The molecule has 1 heterocycles.